The highest BCUT2D eigenvalue weighted by Crippen LogP contribution is 2.45. The first-order valence-corrected chi connectivity index (χ1v) is 5.81. The minimum Gasteiger partial charge on any atom is -0.395 e. The molecule has 1 heterocycles. The molecule has 0 spiro atoms. The van der Waals surface area contributed by atoms with E-state index in [0.29, 0.717) is 6.42 Å². The number of amides is 1. The number of rotatable bonds is 3. The van der Waals surface area contributed by atoms with Gasteiger partial charge in [0, 0.05) is 13.1 Å². The lowest BCUT2D eigenvalue weighted by Crippen LogP contribution is -2.45. The van der Waals surface area contributed by atoms with Crippen LogP contribution in [0.1, 0.15) is 19.8 Å². The maximum absolute atomic E-state index is 12.8. The van der Waals surface area contributed by atoms with Crippen LogP contribution in [0.25, 0.3) is 0 Å². The highest BCUT2D eigenvalue weighted by molar-refractivity contribution is 6.30. The SMILES string of the molecule is CC[C@H](Cl)C(=O)N1CC[C@](CO)(C(F)(F)F)C1. The molecule has 1 aliphatic rings. The quantitative estimate of drug-likeness (QED) is 0.797. The highest BCUT2D eigenvalue weighted by Gasteiger charge is 2.58. The fourth-order valence-corrected chi connectivity index (χ4v) is 2.02. The smallest absolute Gasteiger partial charge is 0.395 e. The van der Waals surface area contributed by atoms with Gasteiger partial charge in [-0.25, -0.2) is 0 Å². The first kappa shape index (κ1) is 14.6. The third-order valence-corrected chi connectivity index (χ3v) is 3.69. The van der Waals surface area contributed by atoms with Crippen LogP contribution in [0.2, 0.25) is 0 Å². The van der Waals surface area contributed by atoms with Crippen LogP contribution in [0.3, 0.4) is 0 Å². The van der Waals surface area contributed by atoms with Crippen LogP contribution in [0.4, 0.5) is 13.2 Å². The third kappa shape index (κ3) is 2.68. The van der Waals surface area contributed by atoms with E-state index in [0.717, 1.165) is 4.90 Å². The second-order valence-corrected chi connectivity index (χ2v) is 4.85. The summed E-state index contributed by atoms with van der Waals surface area (Å²) in [7, 11) is 0. The van der Waals surface area contributed by atoms with Gasteiger partial charge >= 0.3 is 6.18 Å². The molecule has 1 rings (SSSR count). The van der Waals surface area contributed by atoms with Gasteiger partial charge in [-0.15, -0.1) is 11.6 Å². The number of carbonyl (C=O) groups is 1. The van der Waals surface area contributed by atoms with Crippen molar-refractivity contribution >= 4 is 17.5 Å². The summed E-state index contributed by atoms with van der Waals surface area (Å²) in [5, 5.41) is 8.16. The summed E-state index contributed by atoms with van der Waals surface area (Å²) in [6.45, 7) is 0.172. The number of likely N-dealkylation sites (tertiary alicyclic amines) is 1. The van der Waals surface area contributed by atoms with Crippen molar-refractivity contribution in [3.63, 3.8) is 0 Å². The summed E-state index contributed by atoms with van der Waals surface area (Å²) in [5.74, 6) is -0.492. The maximum Gasteiger partial charge on any atom is 0.398 e. The molecule has 0 aromatic heterocycles. The molecule has 1 amide bonds. The van der Waals surface area contributed by atoms with Crippen molar-refractivity contribution in [1.29, 1.82) is 0 Å². The minimum absolute atomic E-state index is 0.0118. The minimum atomic E-state index is -4.51. The van der Waals surface area contributed by atoms with Gasteiger partial charge in [-0.2, -0.15) is 13.2 Å². The van der Waals surface area contributed by atoms with Crippen LogP contribution < -0.4 is 0 Å². The molecule has 0 bridgehead atoms. The molecular formula is C10H15ClF3NO2. The molecule has 1 saturated heterocycles. The van der Waals surface area contributed by atoms with Crippen LogP contribution in [0.5, 0.6) is 0 Å². The molecule has 0 aromatic carbocycles. The number of halogens is 4. The van der Waals surface area contributed by atoms with Gasteiger partial charge in [-0.1, -0.05) is 6.92 Å². The zero-order valence-corrected chi connectivity index (χ0v) is 10.2. The average molecular weight is 274 g/mol. The summed E-state index contributed by atoms with van der Waals surface area (Å²) in [5.41, 5.74) is -2.19. The predicted molar refractivity (Wildman–Crippen MR) is 56.7 cm³/mol. The van der Waals surface area contributed by atoms with Gasteiger partial charge in [0.05, 0.1) is 6.61 Å². The van der Waals surface area contributed by atoms with Crippen LogP contribution in [0.15, 0.2) is 0 Å². The van der Waals surface area contributed by atoms with Crippen LogP contribution in [-0.2, 0) is 4.79 Å². The standard InChI is InChI=1S/C10H15ClF3NO2/c1-2-7(11)8(17)15-4-3-9(5-15,6-16)10(12,13)14/h7,16H,2-6H2,1H3/t7-,9-/m0/s1. The summed E-state index contributed by atoms with van der Waals surface area (Å²) >= 11 is 5.71. The van der Waals surface area contributed by atoms with Gasteiger partial charge in [-0.3, -0.25) is 4.79 Å². The Morgan fingerprint density at radius 2 is 2.18 bits per heavy atom. The van der Waals surface area contributed by atoms with Crippen molar-refractivity contribution in [3.05, 3.63) is 0 Å². The van der Waals surface area contributed by atoms with Gasteiger partial charge in [-0.05, 0) is 12.8 Å². The predicted octanol–water partition coefficient (Wildman–Crippen LogP) is 1.78. The van der Waals surface area contributed by atoms with Gasteiger partial charge in [0.2, 0.25) is 5.91 Å². The molecule has 0 aromatic rings. The van der Waals surface area contributed by atoms with Crippen LogP contribution >= 0.6 is 11.6 Å². The molecule has 3 nitrogen and oxygen atoms in total. The lowest BCUT2D eigenvalue weighted by atomic mass is 9.87. The topological polar surface area (TPSA) is 40.5 Å². The number of aliphatic hydroxyl groups excluding tert-OH is 1. The second kappa shape index (κ2) is 5.02. The number of carbonyl (C=O) groups excluding carboxylic acids is 1. The van der Waals surface area contributed by atoms with Gasteiger partial charge in [0.1, 0.15) is 10.8 Å². The van der Waals surface area contributed by atoms with E-state index in [1.165, 1.54) is 0 Å². The van der Waals surface area contributed by atoms with Gasteiger partial charge < -0.3 is 10.0 Å². The molecule has 0 saturated carbocycles. The zero-order chi connectivity index (χ0) is 13.3. The molecule has 2 atom stereocenters. The lowest BCUT2D eigenvalue weighted by Gasteiger charge is -2.29. The first-order chi connectivity index (χ1) is 7.77. The Balaban J connectivity index is 2.78. The largest absolute Gasteiger partial charge is 0.398 e. The van der Waals surface area contributed by atoms with Crippen molar-refractivity contribution in [3.8, 4) is 0 Å². The Morgan fingerprint density at radius 1 is 1.59 bits per heavy atom. The monoisotopic (exact) mass is 273 g/mol. The lowest BCUT2D eigenvalue weighted by molar-refractivity contribution is -0.230. The molecular weight excluding hydrogens is 259 g/mol. The Hall–Kier alpha value is -0.490. The van der Waals surface area contributed by atoms with E-state index in [1.54, 1.807) is 6.92 Å². The van der Waals surface area contributed by atoms with E-state index >= 15 is 0 Å². The van der Waals surface area contributed by atoms with Crippen molar-refractivity contribution < 1.29 is 23.1 Å². The number of nitrogens with zero attached hydrogens (tertiary/aromatic N) is 1. The summed E-state index contributed by atoms with van der Waals surface area (Å²) in [4.78, 5) is 12.7. The fraction of sp³-hybridized carbons (Fsp3) is 0.900. The summed E-state index contributed by atoms with van der Waals surface area (Å²) in [6.07, 6.45) is -4.41. The van der Waals surface area contributed by atoms with Gasteiger partial charge in [0.15, 0.2) is 0 Å². The molecule has 1 fully saturated rings. The molecule has 100 valence electrons. The van der Waals surface area contributed by atoms with Gasteiger partial charge in [0.25, 0.3) is 0 Å². The van der Waals surface area contributed by atoms with Crippen molar-refractivity contribution in [2.24, 2.45) is 5.41 Å². The molecule has 1 aliphatic heterocycles. The van der Waals surface area contributed by atoms with E-state index in [9.17, 15) is 18.0 Å². The molecule has 17 heavy (non-hydrogen) atoms. The number of alkyl halides is 4. The molecule has 1 N–H and O–H groups in total. The summed E-state index contributed by atoms with van der Waals surface area (Å²) < 4.78 is 38.4. The molecule has 0 radical (unpaired) electrons. The second-order valence-electron chi connectivity index (χ2n) is 4.32. The van der Waals surface area contributed by atoms with Crippen LogP contribution in [-0.4, -0.2) is 47.2 Å². The average Bonchev–Trinajstić information content (AvgIpc) is 2.71. The third-order valence-electron chi connectivity index (χ3n) is 3.20. The number of aliphatic hydroxyl groups is 1. The number of hydrogen-bond acceptors (Lipinski definition) is 2. The van der Waals surface area contributed by atoms with Crippen molar-refractivity contribution in [1.82, 2.24) is 4.90 Å². The Labute approximate surface area is 103 Å². The zero-order valence-electron chi connectivity index (χ0n) is 9.43. The normalized spacial score (nSPS) is 27.3. The van der Waals surface area contributed by atoms with E-state index in [-0.39, 0.29) is 13.0 Å². The molecule has 7 heteroatoms. The van der Waals surface area contributed by atoms with Crippen molar-refractivity contribution in [2.45, 2.75) is 31.3 Å². The van der Waals surface area contributed by atoms with Crippen LogP contribution in [0, 0.1) is 5.41 Å². The van der Waals surface area contributed by atoms with Crippen molar-refractivity contribution in [2.75, 3.05) is 19.7 Å². The molecule has 0 unspecified atom stereocenters. The van der Waals surface area contributed by atoms with E-state index in [2.05, 4.69) is 0 Å². The summed E-state index contributed by atoms with van der Waals surface area (Å²) in [6, 6.07) is 0. The highest BCUT2D eigenvalue weighted by atomic mass is 35.5. The van der Waals surface area contributed by atoms with E-state index in [1.807, 2.05) is 0 Å². The van der Waals surface area contributed by atoms with E-state index < -0.39 is 36.0 Å². The fourth-order valence-electron chi connectivity index (χ4n) is 1.88. The Morgan fingerprint density at radius 3 is 2.53 bits per heavy atom. The Bertz CT molecular complexity index is 298. The number of hydrogen-bond donors (Lipinski definition) is 1. The first-order valence-electron chi connectivity index (χ1n) is 5.38. The van der Waals surface area contributed by atoms with E-state index in [4.69, 9.17) is 16.7 Å². The Kier molecular flexibility index (Phi) is 4.30. The maximum atomic E-state index is 12.8. The molecule has 0 aliphatic carbocycles.